The maximum absolute atomic E-state index is 6.30. The molecule has 0 heterocycles. The first-order valence-electron chi connectivity index (χ1n) is 8.46. The highest BCUT2D eigenvalue weighted by Crippen LogP contribution is 2.50. The number of hydrogen-bond acceptors (Lipinski definition) is 1. The summed E-state index contributed by atoms with van der Waals surface area (Å²) in [7, 11) is 0. The van der Waals surface area contributed by atoms with Gasteiger partial charge in [0.05, 0.1) is 0 Å². The highest BCUT2D eigenvalue weighted by molar-refractivity contribution is 4.91. The highest BCUT2D eigenvalue weighted by Gasteiger charge is 2.40. The van der Waals surface area contributed by atoms with Gasteiger partial charge in [0.25, 0.3) is 0 Å². The van der Waals surface area contributed by atoms with Crippen LogP contribution in [-0.2, 0) is 0 Å². The molecule has 0 bridgehead atoms. The van der Waals surface area contributed by atoms with E-state index in [0.717, 1.165) is 11.8 Å². The molecule has 0 spiro atoms. The second-order valence-corrected chi connectivity index (χ2v) is 8.40. The molecule has 1 rings (SSSR count). The van der Waals surface area contributed by atoms with Crippen LogP contribution in [0, 0.1) is 22.7 Å². The number of hydrogen-bond donors (Lipinski definition) is 1. The minimum atomic E-state index is 0.257. The zero-order valence-electron chi connectivity index (χ0n) is 14.3. The summed E-state index contributed by atoms with van der Waals surface area (Å²) >= 11 is 0. The summed E-state index contributed by atoms with van der Waals surface area (Å²) < 4.78 is 0. The first-order valence-corrected chi connectivity index (χ1v) is 8.46. The third kappa shape index (κ3) is 4.48. The van der Waals surface area contributed by atoms with E-state index < -0.39 is 0 Å². The van der Waals surface area contributed by atoms with E-state index in [2.05, 4.69) is 41.5 Å². The minimum Gasteiger partial charge on any atom is -0.327 e. The molecule has 114 valence electrons. The lowest BCUT2D eigenvalue weighted by atomic mass is 9.69. The lowest BCUT2D eigenvalue weighted by Gasteiger charge is -2.36. The van der Waals surface area contributed by atoms with Crippen LogP contribution in [0.4, 0.5) is 0 Å². The van der Waals surface area contributed by atoms with Crippen molar-refractivity contribution in [1.29, 1.82) is 0 Å². The van der Waals surface area contributed by atoms with Gasteiger partial charge in [0.2, 0.25) is 0 Å². The van der Waals surface area contributed by atoms with Crippen molar-refractivity contribution in [3.63, 3.8) is 0 Å². The predicted molar refractivity (Wildman–Crippen MR) is 86.2 cm³/mol. The monoisotopic (exact) mass is 267 g/mol. The van der Waals surface area contributed by atoms with E-state index >= 15 is 0 Å². The Kier molecular flexibility index (Phi) is 5.92. The topological polar surface area (TPSA) is 26.0 Å². The molecule has 1 aliphatic carbocycles. The SMILES string of the molecule is CCC(C)C1CCCC1(C)CCCC(N)C(C)(C)C. The summed E-state index contributed by atoms with van der Waals surface area (Å²) in [5, 5.41) is 0. The molecular formula is C18H37N. The molecule has 0 saturated heterocycles. The molecule has 4 atom stereocenters. The fraction of sp³-hybridized carbons (Fsp3) is 1.00. The Balaban J connectivity index is 2.47. The number of rotatable bonds is 6. The molecule has 1 fully saturated rings. The van der Waals surface area contributed by atoms with Crippen LogP contribution in [0.1, 0.15) is 86.5 Å². The van der Waals surface area contributed by atoms with Gasteiger partial charge < -0.3 is 5.73 Å². The molecule has 1 heteroatoms. The van der Waals surface area contributed by atoms with Gasteiger partial charge in [0, 0.05) is 6.04 Å². The first kappa shape index (κ1) is 17.0. The standard InChI is InChI=1S/C18H37N/c1-7-14(2)15-10-8-12-18(15,6)13-9-11-16(19)17(3,4)5/h14-16H,7-13,19H2,1-6H3. The fourth-order valence-corrected chi connectivity index (χ4v) is 3.98. The van der Waals surface area contributed by atoms with E-state index in [9.17, 15) is 0 Å². The Morgan fingerprint density at radius 3 is 2.47 bits per heavy atom. The number of nitrogens with two attached hydrogens (primary N) is 1. The van der Waals surface area contributed by atoms with Crippen molar-refractivity contribution in [2.45, 2.75) is 92.5 Å². The summed E-state index contributed by atoms with van der Waals surface area (Å²) in [6.45, 7) is 14.1. The van der Waals surface area contributed by atoms with Crippen LogP contribution in [-0.4, -0.2) is 6.04 Å². The molecule has 4 unspecified atom stereocenters. The third-order valence-corrected chi connectivity index (χ3v) is 5.86. The summed E-state index contributed by atoms with van der Waals surface area (Å²) in [5.41, 5.74) is 7.15. The van der Waals surface area contributed by atoms with Crippen LogP contribution in [0.25, 0.3) is 0 Å². The van der Waals surface area contributed by atoms with Gasteiger partial charge in [0.15, 0.2) is 0 Å². The van der Waals surface area contributed by atoms with Gasteiger partial charge in [0.1, 0.15) is 0 Å². The molecule has 0 aromatic rings. The largest absolute Gasteiger partial charge is 0.327 e. The molecule has 0 amide bonds. The van der Waals surface area contributed by atoms with Gasteiger partial charge in [-0.05, 0) is 48.3 Å². The molecule has 0 aliphatic heterocycles. The predicted octanol–water partition coefficient (Wildman–Crippen LogP) is 5.38. The molecule has 0 aromatic heterocycles. The molecule has 0 aromatic carbocycles. The van der Waals surface area contributed by atoms with Gasteiger partial charge in [-0.15, -0.1) is 0 Å². The van der Waals surface area contributed by atoms with E-state index in [4.69, 9.17) is 5.73 Å². The quantitative estimate of drug-likeness (QED) is 0.686. The third-order valence-electron chi connectivity index (χ3n) is 5.86. The summed E-state index contributed by atoms with van der Waals surface area (Å²) in [6, 6.07) is 0.347. The minimum absolute atomic E-state index is 0.257. The Bertz CT molecular complexity index is 265. The molecule has 1 aliphatic rings. The van der Waals surface area contributed by atoms with Gasteiger partial charge in [-0.3, -0.25) is 0 Å². The Morgan fingerprint density at radius 2 is 1.95 bits per heavy atom. The van der Waals surface area contributed by atoms with Crippen molar-refractivity contribution >= 4 is 0 Å². The second kappa shape index (κ2) is 6.61. The molecule has 2 N–H and O–H groups in total. The van der Waals surface area contributed by atoms with E-state index in [1.807, 2.05) is 0 Å². The molecule has 0 radical (unpaired) electrons. The van der Waals surface area contributed by atoms with Crippen molar-refractivity contribution in [2.24, 2.45) is 28.4 Å². The van der Waals surface area contributed by atoms with Crippen LogP contribution in [0.5, 0.6) is 0 Å². The lowest BCUT2D eigenvalue weighted by molar-refractivity contribution is 0.140. The van der Waals surface area contributed by atoms with E-state index in [1.54, 1.807) is 0 Å². The van der Waals surface area contributed by atoms with Crippen molar-refractivity contribution < 1.29 is 0 Å². The molecule has 1 saturated carbocycles. The van der Waals surface area contributed by atoms with Crippen molar-refractivity contribution in [1.82, 2.24) is 0 Å². The maximum Gasteiger partial charge on any atom is 0.00876 e. The van der Waals surface area contributed by atoms with Gasteiger partial charge >= 0.3 is 0 Å². The first-order chi connectivity index (χ1) is 8.70. The summed E-state index contributed by atoms with van der Waals surface area (Å²) in [5.74, 6) is 1.84. The van der Waals surface area contributed by atoms with Gasteiger partial charge in [-0.2, -0.15) is 0 Å². The van der Waals surface area contributed by atoms with Crippen molar-refractivity contribution in [2.75, 3.05) is 0 Å². The smallest absolute Gasteiger partial charge is 0.00876 e. The Hall–Kier alpha value is -0.0400. The average Bonchev–Trinajstić information content (AvgIpc) is 2.69. The van der Waals surface area contributed by atoms with Crippen LogP contribution in [0.3, 0.4) is 0 Å². The lowest BCUT2D eigenvalue weighted by Crippen LogP contribution is -2.35. The molecular weight excluding hydrogens is 230 g/mol. The zero-order chi connectivity index (χ0) is 14.7. The second-order valence-electron chi connectivity index (χ2n) is 8.40. The van der Waals surface area contributed by atoms with Gasteiger partial charge in [-0.1, -0.05) is 60.8 Å². The van der Waals surface area contributed by atoms with Crippen molar-refractivity contribution in [3.05, 3.63) is 0 Å². The molecule has 19 heavy (non-hydrogen) atoms. The van der Waals surface area contributed by atoms with E-state index in [1.165, 1.54) is 44.9 Å². The van der Waals surface area contributed by atoms with Gasteiger partial charge in [-0.25, -0.2) is 0 Å². The molecule has 1 nitrogen and oxygen atoms in total. The van der Waals surface area contributed by atoms with Crippen LogP contribution >= 0.6 is 0 Å². The van der Waals surface area contributed by atoms with Crippen LogP contribution in [0.2, 0.25) is 0 Å². The van der Waals surface area contributed by atoms with Crippen LogP contribution < -0.4 is 5.73 Å². The van der Waals surface area contributed by atoms with Crippen molar-refractivity contribution in [3.8, 4) is 0 Å². The Morgan fingerprint density at radius 1 is 1.32 bits per heavy atom. The fourth-order valence-electron chi connectivity index (χ4n) is 3.98. The summed E-state index contributed by atoms with van der Waals surface area (Å²) in [4.78, 5) is 0. The Labute approximate surface area is 121 Å². The maximum atomic E-state index is 6.30. The van der Waals surface area contributed by atoms with E-state index in [0.29, 0.717) is 11.5 Å². The average molecular weight is 268 g/mol. The summed E-state index contributed by atoms with van der Waals surface area (Å²) in [6.07, 6.45) is 9.54. The van der Waals surface area contributed by atoms with Crippen LogP contribution in [0.15, 0.2) is 0 Å². The highest BCUT2D eigenvalue weighted by atomic mass is 14.7. The van der Waals surface area contributed by atoms with E-state index in [-0.39, 0.29) is 5.41 Å². The normalized spacial score (nSPS) is 31.4. The zero-order valence-corrected chi connectivity index (χ0v) is 14.3.